The second-order valence-corrected chi connectivity index (χ2v) is 13.2. The third-order valence-corrected chi connectivity index (χ3v) is 7.71. The van der Waals surface area contributed by atoms with Gasteiger partial charge in [0.1, 0.15) is 23.6 Å². The third kappa shape index (κ3) is 7.62. The quantitative estimate of drug-likeness (QED) is 0.150. The standard InChI is InChI=1S/C38H44N2O4/c1-37(2,3)31-19-25(23-41)17-29(35(31)43)21-39-33(27-13-9-7-10-14-27)34(28-15-11-8-12-16-28)40-22-30-18-26(24-42)20-32(36(30)44)38(4,5)6/h7-22,33-34,41-44H,23-24H2,1-6H3/t33-,34-/m1/s1. The van der Waals surface area contributed by atoms with Gasteiger partial charge in [0.05, 0.1) is 13.2 Å². The van der Waals surface area contributed by atoms with Gasteiger partial charge in [-0.25, -0.2) is 0 Å². The molecule has 4 aromatic carbocycles. The summed E-state index contributed by atoms with van der Waals surface area (Å²) in [4.78, 5) is 10.1. The average Bonchev–Trinajstić information content (AvgIpc) is 2.99. The van der Waals surface area contributed by atoms with Crippen LogP contribution in [0.1, 0.15) is 98.1 Å². The Bertz CT molecular complexity index is 1490. The summed E-state index contributed by atoms with van der Waals surface area (Å²) in [6.07, 6.45) is 3.32. The van der Waals surface area contributed by atoms with E-state index in [4.69, 9.17) is 9.98 Å². The van der Waals surface area contributed by atoms with Gasteiger partial charge in [0.2, 0.25) is 0 Å². The molecule has 0 bridgehead atoms. The fourth-order valence-corrected chi connectivity index (χ4v) is 5.28. The van der Waals surface area contributed by atoms with Crippen LogP contribution < -0.4 is 0 Å². The minimum atomic E-state index is -0.490. The highest BCUT2D eigenvalue weighted by molar-refractivity contribution is 5.86. The number of hydrogen-bond donors (Lipinski definition) is 4. The maximum absolute atomic E-state index is 11.3. The predicted molar refractivity (Wildman–Crippen MR) is 179 cm³/mol. The highest BCUT2D eigenvalue weighted by atomic mass is 16.3. The van der Waals surface area contributed by atoms with E-state index in [-0.39, 0.29) is 35.5 Å². The molecule has 0 aliphatic rings. The highest BCUT2D eigenvalue weighted by Crippen LogP contribution is 2.39. The molecule has 0 aliphatic carbocycles. The van der Waals surface area contributed by atoms with Gasteiger partial charge >= 0.3 is 0 Å². The van der Waals surface area contributed by atoms with Crippen LogP contribution in [0.5, 0.6) is 11.5 Å². The Balaban J connectivity index is 1.89. The number of rotatable bonds is 9. The fourth-order valence-electron chi connectivity index (χ4n) is 5.28. The summed E-state index contributed by atoms with van der Waals surface area (Å²) in [5.74, 6) is 0.260. The predicted octanol–water partition coefficient (Wildman–Crippen LogP) is 7.70. The van der Waals surface area contributed by atoms with Crippen LogP contribution in [0.2, 0.25) is 0 Å². The van der Waals surface area contributed by atoms with Gasteiger partial charge in [-0.1, -0.05) is 102 Å². The number of nitrogens with zero attached hydrogens (tertiary/aromatic N) is 2. The fraction of sp³-hybridized carbons (Fsp3) is 0.316. The summed E-state index contributed by atoms with van der Waals surface area (Å²) < 4.78 is 0. The van der Waals surface area contributed by atoms with Crippen LogP contribution in [0, 0.1) is 0 Å². The Kier molecular flexibility index (Phi) is 10.1. The van der Waals surface area contributed by atoms with Gasteiger partial charge < -0.3 is 20.4 Å². The first-order valence-corrected chi connectivity index (χ1v) is 14.9. The van der Waals surface area contributed by atoms with Gasteiger partial charge in [0, 0.05) is 34.7 Å². The van der Waals surface area contributed by atoms with Gasteiger partial charge in [-0.05, 0) is 57.3 Å². The molecule has 0 amide bonds. The second-order valence-electron chi connectivity index (χ2n) is 13.2. The molecule has 0 aliphatic heterocycles. The Morgan fingerprint density at radius 3 is 1.20 bits per heavy atom. The lowest BCUT2D eigenvalue weighted by Gasteiger charge is -2.24. The van der Waals surface area contributed by atoms with Crippen molar-refractivity contribution < 1.29 is 20.4 Å². The molecule has 230 valence electrons. The molecule has 4 N–H and O–H groups in total. The van der Waals surface area contributed by atoms with Crippen molar-refractivity contribution in [1.29, 1.82) is 0 Å². The van der Waals surface area contributed by atoms with E-state index in [1.54, 1.807) is 24.6 Å². The SMILES string of the molecule is CC(C)(C)c1cc(CO)cc(C=N[C@H](c2ccccc2)[C@H](N=Cc2cc(CO)cc(C(C)(C)C)c2O)c2ccccc2)c1O. The Hall–Kier alpha value is -4.26. The average molecular weight is 593 g/mol. The van der Waals surface area contributed by atoms with E-state index >= 15 is 0 Å². The van der Waals surface area contributed by atoms with Gasteiger partial charge in [0.25, 0.3) is 0 Å². The van der Waals surface area contributed by atoms with Crippen molar-refractivity contribution >= 4 is 12.4 Å². The largest absolute Gasteiger partial charge is 0.507 e. The molecule has 0 saturated heterocycles. The van der Waals surface area contributed by atoms with Crippen molar-refractivity contribution in [3.63, 3.8) is 0 Å². The molecular formula is C38H44N2O4. The van der Waals surface area contributed by atoms with E-state index in [0.717, 1.165) is 22.3 Å². The van der Waals surface area contributed by atoms with Crippen LogP contribution in [0.3, 0.4) is 0 Å². The maximum atomic E-state index is 11.3. The van der Waals surface area contributed by atoms with Crippen molar-refractivity contribution in [3.05, 3.63) is 129 Å². The molecule has 0 fully saturated rings. The number of aliphatic imine (C=N–C) groups is 2. The van der Waals surface area contributed by atoms with E-state index in [0.29, 0.717) is 22.3 Å². The molecule has 0 aromatic heterocycles. The lowest BCUT2D eigenvalue weighted by Crippen LogP contribution is -2.14. The zero-order valence-electron chi connectivity index (χ0n) is 26.5. The molecule has 4 rings (SSSR count). The first-order valence-electron chi connectivity index (χ1n) is 14.9. The lowest BCUT2D eigenvalue weighted by atomic mass is 9.84. The minimum absolute atomic E-state index is 0.130. The van der Waals surface area contributed by atoms with E-state index in [1.165, 1.54) is 0 Å². The van der Waals surface area contributed by atoms with Gasteiger partial charge in [0.15, 0.2) is 0 Å². The first kappa shape index (κ1) is 32.6. The van der Waals surface area contributed by atoms with Crippen LogP contribution in [-0.2, 0) is 24.0 Å². The van der Waals surface area contributed by atoms with Crippen LogP contribution in [0.15, 0.2) is 94.9 Å². The van der Waals surface area contributed by atoms with E-state index in [2.05, 4.69) is 0 Å². The van der Waals surface area contributed by atoms with Crippen LogP contribution >= 0.6 is 0 Å². The summed E-state index contributed by atoms with van der Waals surface area (Å²) in [7, 11) is 0. The molecule has 0 heterocycles. The van der Waals surface area contributed by atoms with Crippen molar-refractivity contribution in [2.24, 2.45) is 9.98 Å². The molecule has 44 heavy (non-hydrogen) atoms. The number of aliphatic hydroxyl groups is 2. The Labute approximate surface area is 261 Å². The molecule has 6 nitrogen and oxygen atoms in total. The normalized spacial score (nSPS) is 13.9. The van der Waals surface area contributed by atoms with Crippen molar-refractivity contribution in [2.75, 3.05) is 0 Å². The van der Waals surface area contributed by atoms with Gasteiger partial charge in [-0.2, -0.15) is 0 Å². The highest BCUT2D eigenvalue weighted by Gasteiger charge is 2.26. The molecule has 0 saturated carbocycles. The third-order valence-electron chi connectivity index (χ3n) is 7.71. The number of aliphatic hydroxyl groups excluding tert-OH is 2. The Morgan fingerprint density at radius 2 is 0.909 bits per heavy atom. The van der Waals surface area contributed by atoms with E-state index in [9.17, 15) is 20.4 Å². The van der Waals surface area contributed by atoms with Gasteiger partial charge in [-0.15, -0.1) is 0 Å². The molecule has 0 unspecified atom stereocenters. The second kappa shape index (κ2) is 13.6. The van der Waals surface area contributed by atoms with Gasteiger partial charge in [-0.3, -0.25) is 9.98 Å². The molecule has 4 aromatic rings. The van der Waals surface area contributed by atoms with Crippen LogP contribution in [0.25, 0.3) is 0 Å². The molecule has 2 atom stereocenters. The van der Waals surface area contributed by atoms with E-state index < -0.39 is 12.1 Å². The van der Waals surface area contributed by atoms with Crippen molar-refractivity contribution in [2.45, 2.75) is 77.7 Å². The number of aromatic hydroxyl groups is 2. The maximum Gasteiger partial charge on any atom is 0.128 e. The summed E-state index contributed by atoms with van der Waals surface area (Å²) in [5, 5.41) is 42.4. The molecule has 6 heteroatoms. The monoisotopic (exact) mass is 592 g/mol. The summed E-state index contributed by atoms with van der Waals surface area (Å²) >= 11 is 0. The number of phenolic OH excluding ortho intramolecular Hbond substituents is 2. The Morgan fingerprint density at radius 1 is 0.568 bits per heavy atom. The zero-order chi connectivity index (χ0) is 32.1. The summed E-state index contributed by atoms with van der Waals surface area (Å²) in [5.41, 5.74) is 5.03. The lowest BCUT2D eigenvalue weighted by molar-refractivity contribution is 0.281. The van der Waals surface area contributed by atoms with Crippen molar-refractivity contribution in [3.8, 4) is 11.5 Å². The number of phenols is 2. The van der Waals surface area contributed by atoms with E-state index in [1.807, 2.05) is 114 Å². The van der Waals surface area contributed by atoms with Crippen molar-refractivity contribution in [1.82, 2.24) is 0 Å². The number of hydrogen-bond acceptors (Lipinski definition) is 6. The molecular weight excluding hydrogens is 548 g/mol. The smallest absolute Gasteiger partial charge is 0.128 e. The zero-order valence-corrected chi connectivity index (χ0v) is 26.5. The molecule has 0 spiro atoms. The first-order chi connectivity index (χ1) is 20.8. The summed E-state index contributed by atoms with van der Waals surface area (Å²) in [6.45, 7) is 11.8. The van der Waals surface area contributed by atoms with Crippen LogP contribution in [-0.4, -0.2) is 32.9 Å². The van der Waals surface area contributed by atoms with Crippen LogP contribution in [0.4, 0.5) is 0 Å². The molecule has 0 radical (unpaired) electrons. The number of benzene rings is 4. The summed E-state index contributed by atoms with van der Waals surface area (Å²) in [6, 6.07) is 25.9. The topological polar surface area (TPSA) is 106 Å². The minimum Gasteiger partial charge on any atom is -0.507 e.